The maximum Gasteiger partial charge on any atom is 0.103 e. The van der Waals surface area contributed by atoms with E-state index in [1.165, 1.54) is 5.75 Å². The average Bonchev–Trinajstić information content (AvgIpc) is 2.32. The molecule has 0 bridgehead atoms. The topological polar surface area (TPSA) is 9.23 Å². The van der Waals surface area contributed by atoms with Crippen molar-refractivity contribution in [2.24, 2.45) is 5.41 Å². The van der Waals surface area contributed by atoms with Crippen LogP contribution >= 0.6 is 11.8 Å². The second kappa shape index (κ2) is 3.36. The zero-order valence-corrected chi connectivity index (χ0v) is 8.70. The first kappa shape index (κ1) is 9.40. The highest BCUT2D eigenvalue weighted by Crippen LogP contribution is 2.36. The molecular weight excluding hydrogens is 156 g/mol. The highest BCUT2D eigenvalue weighted by Gasteiger charge is 2.33. The first-order valence-corrected chi connectivity index (χ1v) is 5.36. The van der Waals surface area contributed by atoms with Crippen molar-refractivity contribution < 1.29 is 4.74 Å². The van der Waals surface area contributed by atoms with E-state index >= 15 is 0 Å². The van der Waals surface area contributed by atoms with Gasteiger partial charge in [-0.1, -0.05) is 27.7 Å². The average molecular weight is 174 g/mol. The van der Waals surface area contributed by atoms with E-state index in [0.717, 1.165) is 6.42 Å². The Hall–Kier alpha value is 0.310. The molecule has 2 heteroatoms. The maximum absolute atomic E-state index is 5.84. The molecule has 0 radical (unpaired) electrons. The third kappa shape index (κ3) is 2.38. The van der Waals surface area contributed by atoms with Crippen LogP contribution in [0, 0.1) is 5.41 Å². The molecule has 0 amide bonds. The maximum atomic E-state index is 5.84. The van der Waals surface area contributed by atoms with Gasteiger partial charge in [-0.15, -0.1) is 11.8 Å². The fourth-order valence-electron chi connectivity index (χ4n) is 1.12. The molecule has 0 saturated carbocycles. The van der Waals surface area contributed by atoms with Crippen LogP contribution in [0.25, 0.3) is 0 Å². The molecule has 1 rings (SSSR count). The molecular formula is C9H18OS. The van der Waals surface area contributed by atoms with Crippen LogP contribution in [0.15, 0.2) is 0 Å². The highest BCUT2D eigenvalue weighted by atomic mass is 32.2. The molecule has 1 fully saturated rings. The number of thioether (sulfide) groups is 1. The van der Waals surface area contributed by atoms with Gasteiger partial charge in [-0.2, -0.15) is 0 Å². The molecule has 0 spiro atoms. The standard InChI is InChI=1S/C9H18OS/c1-5-8-10-7(6-11-8)9(2,3)4/h7-8H,5-6H2,1-4H3/t7-,8+/m0/s1. The van der Waals surface area contributed by atoms with Crippen LogP contribution in [0.1, 0.15) is 34.1 Å². The third-order valence-electron chi connectivity index (χ3n) is 2.05. The largest absolute Gasteiger partial charge is 0.363 e. The molecule has 1 aliphatic rings. The van der Waals surface area contributed by atoms with Crippen molar-refractivity contribution in [2.45, 2.75) is 45.7 Å². The molecule has 0 aromatic carbocycles. The second-order valence-corrected chi connectivity index (χ2v) is 5.35. The normalized spacial score (nSPS) is 32.7. The van der Waals surface area contributed by atoms with E-state index in [4.69, 9.17) is 4.74 Å². The Labute approximate surface area is 73.9 Å². The van der Waals surface area contributed by atoms with Gasteiger partial charge in [0.25, 0.3) is 0 Å². The van der Waals surface area contributed by atoms with Crippen molar-refractivity contribution in [1.29, 1.82) is 0 Å². The predicted octanol–water partition coefficient (Wildman–Crippen LogP) is 2.90. The molecule has 2 atom stereocenters. The summed E-state index contributed by atoms with van der Waals surface area (Å²) in [7, 11) is 0. The molecule has 1 aliphatic heterocycles. The van der Waals surface area contributed by atoms with Crippen LogP contribution in [0.2, 0.25) is 0 Å². The van der Waals surface area contributed by atoms with Crippen molar-refractivity contribution in [3.05, 3.63) is 0 Å². The molecule has 0 aliphatic carbocycles. The van der Waals surface area contributed by atoms with Gasteiger partial charge in [0.2, 0.25) is 0 Å². The molecule has 11 heavy (non-hydrogen) atoms. The first-order chi connectivity index (χ1) is 5.04. The Morgan fingerprint density at radius 1 is 1.45 bits per heavy atom. The zero-order valence-electron chi connectivity index (χ0n) is 7.89. The molecule has 0 aromatic heterocycles. The van der Waals surface area contributed by atoms with E-state index in [-0.39, 0.29) is 0 Å². The minimum atomic E-state index is 0.316. The van der Waals surface area contributed by atoms with Gasteiger partial charge in [-0.25, -0.2) is 0 Å². The van der Waals surface area contributed by atoms with E-state index in [0.29, 0.717) is 17.0 Å². The molecule has 0 N–H and O–H groups in total. The Morgan fingerprint density at radius 2 is 2.09 bits per heavy atom. The van der Waals surface area contributed by atoms with Gasteiger partial charge < -0.3 is 4.74 Å². The quantitative estimate of drug-likeness (QED) is 0.604. The fourth-order valence-corrected chi connectivity index (χ4v) is 2.54. The molecule has 1 nitrogen and oxygen atoms in total. The van der Waals surface area contributed by atoms with E-state index in [1.54, 1.807) is 0 Å². The lowest BCUT2D eigenvalue weighted by Crippen LogP contribution is -2.28. The van der Waals surface area contributed by atoms with Gasteiger partial charge in [0.1, 0.15) is 5.44 Å². The fraction of sp³-hybridized carbons (Fsp3) is 1.00. The van der Waals surface area contributed by atoms with Gasteiger partial charge in [-0.3, -0.25) is 0 Å². The summed E-state index contributed by atoms with van der Waals surface area (Å²) >= 11 is 1.96. The van der Waals surface area contributed by atoms with Crippen LogP contribution in [0.3, 0.4) is 0 Å². The van der Waals surface area contributed by atoms with Crippen molar-refractivity contribution in [3.8, 4) is 0 Å². The smallest absolute Gasteiger partial charge is 0.103 e. The van der Waals surface area contributed by atoms with Crippen LogP contribution in [0.4, 0.5) is 0 Å². The summed E-state index contributed by atoms with van der Waals surface area (Å²) in [5.74, 6) is 1.17. The highest BCUT2D eigenvalue weighted by molar-refractivity contribution is 8.00. The lowest BCUT2D eigenvalue weighted by atomic mass is 9.90. The summed E-state index contributed by atoms with van der Waals surface area (Å²) < 4.78 is 5.84. The molecule has 1 saturated heterocycles. The van der Waals surface area contributed by atoms with E-state index in [2.05, 4.69) is 27.7 Å². The van der Waals surface area contributed by atoms with Crippen LogP contribution < -0.4 is 0 Å². The molecule has 0 unspecified atom stereocenters. The predicted molar refractivity (Wildman–Crippen MR) is 50.9 cm³/mol. The minimum absolute atomic E-state index is 0.316. The van der Waals surface area contributed by atoms with Crippen molar-refractivity contribution >= 4 is 11.8 Å². The number of rotatable bonds is 1. The van der Waals surface area contributed by atoms with Gasteiger partial charge in [0, 0.05) is 5.75 Å². The zero-order chi connectivity index (χ0) is 8.48. The summed E-state index contributed by atoms with van der Waals surface area (Å²) in [6, 6.07) is 0. The summed E-state index contributed by atoms with van der Waals surface area (Å²) in [4.78, 5) is 0. The molecule has 66 valence electrons. The SMILES string of the molecule is CC[C@@H]1O[C@H](C(C)(C)C)CS1. The van der Waals surface area contributed by atoms with E-state index in [1.807, 2.05) is 11.8 Å². The lowest BCUT2D eigenvalue weighted by molar-refractivity contribution is -0.00238. The summed E-state index contributed by atoms with van der Waals surface area (Å²) in [6.45, 7) is 8.92. The monoisotopic (exact) mass is 174 g/mol. The second-order valence-electron chi connectivity index (χ2n) is 4.16. The lowest BCUT2D eigenvalue weighted by Gasteiger charge is -2.25. The van der Waals surface area contributed by atoms with Crippen LogP contribution in [0.5, 0.6) is 0 Å². The van der Waals surface area contributed by atoms with E-state index in [9.17, 15) is 0 Å². The molecule has 1 heterocycles. The number of ether oxygens (including phenoxy) is 1. The molecule has 0 aromatic rings. The van der Waals surface area contributed by atoms with Crippen molar-refractivity contribution in [2.75, 3.05) is 5.75 Å². The summed E-state index contributed by atoms with van der Waals surface area (Å²) in [6.07, 6.45) is 1.59. The van der Waals surface area contributed by atoms with Crippen molar-refractivity contribution in [3.63, 3.8) is 0 Å². The Balaban J connectivity index is 2.42. The van der Waals surface area contributed by atoms with Crippen LogP contribution in [-0.4, -0.2) is 17.3 Å². The number of hydrogen-bond donors (Lipinski definition) is 0. The minimum Gasteiger partial charge on any atom is -0.363 e. The van der Waals surface area contributed by atoms with Gasteiger partial charge in [0.15, 0.2) is 0 Å². The third-order valence-corrected chi connectivity index (χ3v) is 3.36. The number of hydrogen-bond acceptors (Lipinski definition) is 2. The van der Waals surface area contributed by atoms with E-state index < -0.39 is 0 Å². The van der Waals surface area contributed by atoms with Crippen molar-refractivity contribution in [1.82, 2.24) is 0 Å². The Morgan fingerprint density at radius 3 is 2.36 bits per heavy atom. The van der Waals surface area contributed by atoms with Crippen LogP contribution in [-0.2, 0) is 4.74 Å². The summed E-state index contributed by atoms with van der Waals surface area (Å²) in [5, 5.41) is 0. The van der Waals surface area contributed by atoms with Gasteiger partial charge >= 0.3 is 0 Å². The summed E-state index contributed by atoms with van der Waals surface area (Å²) in [5.41, 5.74) is 0.774. The first-order valence-electron chi connectivity index (χ1n) is 4.31. The Kier molecular flexibility index (Phi) is 2.87. The van der Waals surface area contributed by atoms with Gasteiger partial charge in [0.05, 0.1) is 6.10 Å². The van der Waals surface area contributed by atoms with Gasteiger partial charge in [-0.05, 0) is 11.8 Å². The Bertz CT molecular complexity index is 128.